The van der Waals surface area contributed by atoms with Crippen LogP contribution in [0.15, 0.2) is 43.0 Å². The fourth-order valence-corrected chi connectivity index (χ4v) is 3.16. The molecule has 1 saturated heterocycles. The number of ether oxygens (including phenoxy) is 6. The lowest BCUT2D eigenvalue weighted by Crippen LogP contribution is -2.63. The molecule has 1 aliphatic rings. The van der Waals surface area contributed by atoms with Gasteiger partial charge < -0.3 is 28.4 Å². The number of hydrogen-bond acceptors (Lipinski definition) is 9. The Hall–Kier alpha value is -1.88. The van der Waals surface area contributed by atoms with Crippen LogP contribution in [-0.2, 0) is 44.6 Å². The van der Waals surface area contributed by atoms with Crippen molar-refractivity contribution in [3.63, 3.8) is 0 Å². The summed E-state index contributed by atoms with van der Waals surface area (Å²) in [6.07, 6.45) is -4.95. The highest BCUT2D eigenvalue weighted by atomic mass is 35.6. The molecule has 1 aromatic carbocycles. The van der Waals surface area contributed by atoms with Gasteiger partial charge in [-0.15, -0.1) is 6.58 Å². The molecule has 0 amide bonds. The van der Waals surface area contributed by atoms with E-state index in [0.717, 1.165) is 19.6 Å². The third kappa shape index (κ3) is 7.84. The summed E-state index contributed by atoms with van der Waals surface area (Å²) in [6.45, 7) is 4.85. The largest absolute Gasteiger partial charge is 0.467 e. The highest BCUT2D eigenvalue weighted by Gasteiger charge is 2.54. The van der Waals surface area contributed by atoms with Crippen LogP contribution in [0, 0.1) is 5.41 Å². The first-order valence-corrected chi connectivity index (χ1v) is 10.8. The Bertz CT molecular complexity index is 833. The van der Waals surface area contributed by atoms with E-state index in [4.69, 9.17) is 68.6 Å². The number of esters is 2. The summed E-state index contributed by atoms with van der Waals surface area (Å²) < 4.78 is 30.8. The minimum Gasteiger partial charge on any atom is -0.467 e. The summed E-state index contributed by atoms with van der Waals surface area (Å²) in [7, 11) is 1.16. The molecule has 5 atom stereocenters. The molecular formula is C21H24Cl3NO8. The molecule has 0 radical (unpaired) electrons. The first kappa shape index (κ1) is 27.4. The third-order valence-corrected chi connectivity index (χ3v) is 4.93. The Balaban J connectivity index is 2.45. The van der Waals surface area contributed by atoms with Crippen LogP contribution >= 0.6 is 34.8 Å². The normalized spacial score (nSPS) is 25.1. The molecule has 33 heavy (non-hydrogen) atoms. The van der Waals surface area contributed by atoms with Gasteiger partial charge in [0.05, 0.1) is 20.3 Å². The maximum atomic E-state index is 12.5. The highest BCUT2D eigenvalue weighted by molar-refractivity contribution is 6.76. The fourth-order valence-electron chi connectivity index (χ4n) is 3.03. The number of rotatable bonds is 9. The molecule has 1 fully saturated rings. The Morgan fingerprint density at radius 1 is 1.12 bits per heavy atom. The monoisotopic (exact) mass is 523 g/mol. The number of methoxy groups -OCH3 is 1. The minimum absolute atomic E-state index is 0.0228. The summed E-state index contributed by atoms with van der Waals surface area (Å²) in [6, 6.07) is 9.13. The lowest BCUT2D eigenvalue weighted by Gasteiger charge is -2.44. The highest BCUT2D eigenvalue weighted by Crippen LogP contribution is 2.34. The molecule has 0 spiro atoms. The smallest absolute Gasteiger partial charge is 0.338 e. The summed E-state index contributed by atoms with van der Waals surface area (Å²) in [5.41, 5.74) is 0.800. The second kappa shape index (κ2) is 12.5. The lowest BCUT2D eigenvalue weighted by molar-refractivity contribution is -0.294. The number of halogens is 3. The molecule has 182 valence electrons. The maximum Gasteiger partial charge on any atom is 0.338 e. The Morgan fingerprint density at radius 2 is 1.79 bits per heavy atom. The topological polar surface area (TPSA) is 113 Å². The molecule has 9 nitrogen and oxygen atoms in total. The van der Waals surface area contributed by atoms with Crippen molar-refractivity contribution in [2.24, 2.45) is 0 Å². The van der Waals surface area contributed by atoms with Gasteiger partial charge in [-0.05, 0) is 5.56 Å². The van der Waals surface area contributed by atoms with Crippen molar-refractivity contribution in [1.29, 1.82) is 5.41 Å². The molecule has 0 unspecified atom stereocenters. The van der Waals surface area contributed by atoms with Gasteiger partial charge in [0.2, 0.25) is 12.2 Å². The van der Waals surface area contributed by atoms with Crippen LogP contribution in [-0.4, -0.2) is 66.1 Å². The zero-order valence-corrected chi connectivity index (χ0v) is 20.1. The summed E-state index contributed by atoms with van der Waals surface area (Å²) in [5, 5.41) is 7.89. The van der Waals surface area contributed by atoms with Crippen molar-refractivity contribution < 1.29 is 38.0 Å². The van der Waals surface area contributed by atoms with Crippen molar-refractivity contribution in [3.05, 3.63) is 48.6 Å². The molecular weight excluding hydrogens is 501 g/mol. The van der Waals surface area contributed by atoms with Gasteiger partial charge in [0, 0.05) is 6.92 Å². The first-order valence-electron chi connectivity index (χ1n) is 9.69. The van der Waals surface area contributed by atoms with E-state index in [-0.39, 0.29) is 13.2 Å². The van der Waals surface area contributed by atoms with Gasteiger partial charge >= 0.3 is 11.9 Å². The van der Waals surface area contributed by atoms with Gasteiger partial charge in [-0.25, -0.2) is 4.79 Å². The van der Waals surface area contributed by atoms with E-state index >= 15 is 0 Å². The molecule has 0 aromatic heterocycles. The zero-order chi connectivity index (χ0) is 24.6. The molecule has 2 rings (SSSR count). The summed E-state index contributed by atoms with van der Waals surface area (Å²) in [4.78, 5) is 24.4. The predicted molar refractivity (Wildman–Crippen MR) is 120 cm³/mol. The van der Waals surface area contributed by atoms with Crippen molar-refractivity contribution in [2.75, 3.05) is 13.7 Å². The number of hydrogen-bond donors (Lipinski definition) is 1. The number of nitrogens with one attached hydrogen (secondary N) is 1. The minimum atomic E-state index is -2.23. The van der Waals surface area contributed by atoms with E-state index in [1.165, 1.54) is 6.08 Å². The van der Waals surface area contributed by atoms with Crippen LogP contribution in [0.1, 0.15) is 12.5 Å². The van der Waals surface area contributed by atoms with Gasteiger partial charge in [0.1, 0.15) is 12.2 Å². The molecule has 12 heteroatoms. The molecule has 0 bridgehead atoms. The molecule has 1 heterocycles. The third-order valence-electron chi connectivity index (χ3n) is 4.41. The quantitative estimate of drug-likeness (QED) is 0.172. The van der Waals surface area contributed by atoms with E-state index in [0.29, 0.717) is 0 Å². The number of benzene rings is 1. The Kier molecular flexibility index (Phi) is 10.4. The van der Waals surface area contributed by atoms with E-state index < -0.39 is 52.3 Å². The summed E-state index contributed by atoms with van der Waals surface area (Å²) >= 11 is 17.1. The van der Waals surface area contributed by atoms with E-state index in [1.807, 2.05) is 30.3 Å². The van der Waals surface area contributed by atoms with Gasteiger partial charge in [-0.2, -0.15) is 0 Å². The van der Waals surface area contributed by atoms with Gasteiger partial charge in [-0.3, -0.25) is 10.2 Å². The fraction of sp³-hybridized carbons (Fsp3) is 0.476. The van der Waals surface area contributed by atoms with Gasteiger partial charge in [0.15, 0.2) is 12.2 Å². The Labute approximate surface area is 206 Å². The average molecular weight is 525 g/mol. The van der Waals surface area contributed by atoms with Crippen LogP contribution < -0.4 is 0 Å². The van der Waals surface area contributed by atoms with Crippen molar-refractivity contribution in [2.45, 2.75) is 48.0 Å². The van der Waals surface area contributed by atoms with Gasteiger partial charge in [0.25, 0.3) is 3.79 Å². The summed E-state index contributed by atoms with van der Waals surface area (Å²) in [5.74, 6) is -2.33. The first-order chi connectivity index (χ1) is 15.6. The van der Waals surface area contributed by atoms with E-state index in [2.05, 4.69) is 6.58 Å². The van der Waals surface area contributed by atoms with Crippen LogP contribution in [0.2, 0.25) is 0 Å². The lowest BCUT2D eigenvalue weighted by atomic mass is 9.97. The zero-order valence-electron chi connectivity index (χ0n) is 17.9. The second-order valence-electron chi connectivity index (χ2n) is 6.81. The molecule has 1 aromatic rings. The standard InChI is InChI=1S/C21H24Cl3NO8/c1-4-10-29-14-15(30-11-13-8-6-5-7-9-13)17(31-12(2)26)19(32-16(14)18(27)28-3)33-20(25)21(22,23)24/h4-9,14-17,19,25H,1,10-11H2,2-3H3/t14-,15-,16+,17+,19-/m1/s1. The average Bonchev–Trinajstić information content (AvgIpc) is 2.77. The maximum absolute atomic E-state index is 12.5. The number of alkyl halides is 3. The van der Waals surface area contributed by atoms with Crippen LogP contribution in [0.25, 0.3) is 0 Å². The van der Waals surface area contributed by atoms with Crippen LogP contribution in [0.5, 0.6) is 0 Å². The van der Waals surface area contributed by atoms with Crippen molar-refractivity contribution in [3.8, 4) is 0 Å². The second-order valence-corrected chi connectivity index (χ2v) is 9.10. The van der Waals surface area contributed by atoms with Crippen molar-refractivity contribution in [1.82, 2.24) is 0 Å². The van der Waals surface area contributed by atoms with Crippen molar-refractivity contribution >= 4 is 52.6 Å². The molecule has 1 aliphatic heterocycles. The van der Waals surface area contributed by atoms with E-state index in [1.54, 1.807) is 0 Å². The Morgan fingerprint density at radius 3 is 2.33 bits per heavy atom. The van der Waals surface area contributed by atoms with Crippen LogP contribution in [0.4, 0.5) is 0 Å². The van der Waals surface area contributed by atoms with Crippen LogP contribution in [0.3, 0.4) is 0 Å². The molecule has 1 N–H and O–H groups in total. The predicted octanol–water partition coefficient (Wildman–Crippen LogP) is 3.34. The number of carbonyl (C=O) groups is 2. The van der Waals surface area contributed by atoms with Gasteiger partial charge in [-0.1, -0.05) is 71.2 Å². The van der Waals surface area contributed by atoms with E-state index in [9.17, 15) is 9.59 Å². The molecule has 0 saturated carbocycles. The SMILES string of the molecule is C=CCO[C@@H]1[C@@H](OCc2ccccc2)[C@H](OC(C)=O)[C@@H](OC(=N)C(Cl)(Cl)Cl)O[C@@H]1C(=O)OC. The molecule has 0 aliphatic carbocycles. The number of carbonyl (C=O) groups excluding carboxylic acids is 2.